The molecule has 1 aromatic carbocycles. The smallest absolute Gasteiger partial charge is 0.123 e. The van der Waals surface area contributed by atoms with E-state index in [9.17, 15) is 0 Å². The Bertz CT molecular complexity index is 310. The number of aliphatic hydroxyl groups excluding tert-OH is 1. The molecule has 1 rings (SSSR count). The van der Waals surface area contributed by atoms with Gasteiger partial charge in [-0.05, 0) is 53.8 Å². The van der Waals surface area contributed by atoms with Crippen LogP contribution in [0.1, 0.15) is 12.0 Å². The first-order chi connectivity index (χ1) is 7.27. The molecule has 0 radical (unpaired) electrons. The van der Waals surface area contributed by atoms with Crippen LogP contribution in [-0.4, -0.2) is 25.4 Å². The molecule has 0 amide bonds. The van der Waals surface area contributed by atoms with E-state index in [1.54, 1.807) is 7.11 Å². The second kappa shape index (κ2) is 9.04. The second-order valence-corrected chi connectivity index (χ2v) is 4.46. The van der Waals surface area contributed by atoms with Crippen LogP contribution in [0.15, 0.2) is 18.2 Å². The van der Waals surface area contributed by atoms with Crippen molar-refractivity contribution in [1.82, 2.24) is 5.32 Å². The third kappa shape index (κ3) is 5.34. The number of hydrogen-bond donors (Lipinski definition) is 2. The van der Waals surface area contributed by atoms with Crippen molar-refractivity contribution in [3.8, 4) is 5.75 Å². The molecule has 0 aliphatic carbocycles. The lowest BCUT2D eigenvalue weighted by atomic mass is 10.2. The lowest BCUT2D eigenvalue weighted by Crippen LogP contribution is -2.16. The molecule has 2 N–H and O–H groups in total. The Labute approximate surface area is 116 Å². The van der Waals surface area contributed by atoms with Crippen LogP contribution in [-0.2, 0) is 6.54 Å². The van der Waals surface area contributed by atoms with Crippen molar-refractivity contribution < 1.29 is 9.84 Å². The molecule has 0 aliphatic heterocycles. The first-order valence-electron chi connectivity index (χ1n) is 4.92. The minimum Gasteiger partial charge on any atom is -0.496 e. The van der Waals surface area contributed by atoms with Gasteiger partial charge < -0.3 is 15.2 Å². The number of rotatable bonds is 6. The van der Waals surface area contributed by atoms with Gasteiger partial charge in [-0.1, -0.05) is 0 Å². The van der Waals surface area contributed by atoms with Crippen molar-refractivity contribution >= 4 is 35.0 Å². The number of halogens is 2. The van der Waals surface area contributed by atoms with Crippen LogP contribution in [0.25, 0.3) is 0 Å². The van der Waals surface area contributed by atoms with E-state index in [4.69, 9.17) is 9.84 Å². The number of methoxy groups -OCH3 is 1. The molecule has 92 valence electrons. The molecule has 0 atom stereocenters. The van der Waals surface area contributed by atoms with E-state index in [0.29, 0.717) is 0 Å². The summed E-state index contributed by atoms with van der Waals surface area (Å²) >= 11 is 2.28. The summed E-state index contributed by atoms with van der Waals surface area (Å²) in [6.07, 6.45) is 0.784. The third-order valence-electron chi connectivity index (χ3n) is 2.07. The topological polar surface area (TPSA) is 41.5 Å². The summed E-state index contributed by atoms with van der Waals surface area (Å²) in [7, 11) is 1.68. The molecule has 0 saturated heterocycles. The molecule has 1 aromatic rings. The van der Waals surface area contributed by atoms with Crippen LogP contribution in [0.5, 0.6) is 5.75 Å². The Morgan fingerprint density at radius 3 is 2.81 bits per heavy atom. The maximum atomic E-state index is 8.64. The SMILES string of the molecule is COc1ccc(I)cc1CNCCCO.Cl. The normalized spacial score (nSPS) is 9.69. The largest absolute Gasteiger partial charge is 0.496 e. The van der Waals surface area contributed by atoms with Gasteiger partial charge in [-0.3, -0.25) is 0 Å². The lowest BCUT2D eigenvalue weighted by Gasteiger charge is -2.09. The fourth-order valence-electron chi connectivity index (χ4n) is 1.31. The van der Waals surface area contributed by atoms with Crippen LogP contribution >= 0.6 is 35.0 Å². The second-order valence-electron chi connectivity index (χ2n) is 3.21. The predicted molar refractivity (Wildman–Crippen MR) is 76.4 cm³/mol. The molecule has 16 heavy (non-hydrogen) atoms. The van der Waals surface area contributed by atoms with Crippen LogP contribution < -0.4 is 10.1 Å². The Kier molecular flexibility index (Phi) is 9.02. The summed E-state index contributed by atoms with van der Waals surface area (Å²) in [5.74, 6) is 0.909. The minimum absolute atomic E-state index is 0. The van der Waals surface area contributed by atoms with E-state index in [-0.39, 0.29) is 19.0 Å². The zero-order valence-corrected chi connectivity index (χ0v) is 12.2. The predicted octanol–water partition coefficient (Wildman–Crippen LogP) is 2.19. The van der Waals surface area contributed by atoms with Crippen molar-refractivity contribution in [3.05, 3.63) is 27.3 Å². The summed E-state index contributed by atoms with van der Waals surface area (Å²) < 4.78 is 6.47. The van der Waals surface area contributed by atoms with E-state index in [0.717, 1.165) is 30.8 Å². The molecular weight excluding hydrogens is 340 g/mol. The number of aliphatic hydroxyl groups is 1. The van der Waals surface area contributed by atoms with Gasteiger partial charge in [-0.25, -0.2) is 0 Å². The van der Waals surface area contributed by atoms with E-state index < -0.39 is 0 Å². The molecule has 0 bridgehead atoms. The fourth-order valence-corrected chi connectivity index (χ4v) is 1.87. The Hall–Kier alpha value is -0.0400. The molecule has 3 nitrogen and oxygen atoms in total. The molecule has 0 aromatic heterocycles. The highest BCUT2D eigenvalue weighted by Gasteiger charge is 2.02. The molecule has 0 aliphatic rings. The van der Waals surface area contributed by atoms with E-state index in [2.05, 4.69) is 34.0 Å². The number of hydrogen-bond acceptors (Lipinski definition) is 3. The van der Waals surface area contributed by atoms with Gasteiger partial charge >= 0.3 is 0 Å². The molecular formula is C11H17ClINO2. The lowest BCUT2D eigenvalue weighted by molar-refractivity contribution is 0.286. The van der Waals surface area contributed by atoms with Crippen molar-refractivity contribution in [1.29, 1.82) is 0 Å². The Morgan fingerprint density at radius 1 is 1.44 bits per heavy atom. The summed E-state index contributed by atoms with van der Waals surface area (Å²) in [6, 6.07) is 6.10. The maximum Gasteiger partial charge on any atom is 0.123 e. The first-order valence-corrected chi connectivity index (χ1v) is 6.00. The quantitative estimate of drug-likeness (QED) is 0.606. The van der Waals surface area contributed by atoms with Gasteiger partial charge in [0.25, 0.3) is 0 Å². The maximum absolute atomic E-state index is 8.64. The summed E-state index contributed by atoms with van der Waals surface area (Å²) in [5.41, 5.74) is 1.15. The van der Waals surface area contributed by atoms with E-state index in [1.807, 2.05) is 12.1 Å². The fraction of sp³-hybridized carbons (Fsp3) is 0.455. The highest BCUT2D eigenvalue weighted by Crippen LogP contribution is 2.20. The number of nitrogens with one attached hydrogen (secondary N) is 1. The Morgan fingerprint density at radius 2 is 2.19 bits per heavy atom. The van der Waals surface area contributed by atoms with Crippen molar-refractivity contribution in [2.45, 2.75) is 13.0 Å². The van der Waals surface area contributed by atoms with Gasteiger partial charge in [0.1, 0.15) is 5.75 Å². The monoisotopic (exact) mass is 357 g/mol. The molecule has 5 heteroatoms. The van der Waals surface area contributed by atoms with Crippen LogP contribution in [0.3, 0.4) is 0 Å². The molecule has 0 spiro atoms. The van der Waals surface area contributed by atoms with Gasteiger partial charge in [0.05, 0.1) is 7.11 Å². The van der Waals surface area contributed by atoms with Crippen LogP contribution in [0.4, 0.5) is 0 Å². The van der Waals surface area contributed by atoms with Gasteiger partial charge in [-0.2, -0.15) is 0 Å². The molecule has 0 heterocycles. The van der Waals surface area contributed by atoms with Gasteiger partial charge in [-0.15, -0.1) is 12.4 Å². The van der Waals surface area contributed by atoms with Crippen molar-refractivity contribution in [2.24, 2.45) is 0 Å². The Balaban J connectivity index is 0.00000225. The summed E-state index contributed by atoms with van der Waals surface area (Å²) in [4.78, 5) is 0. The van der Waals surface area contributed by atoms with Gasteiger partial charge in [0.15, 0.2) is 0 Å². The molecule has 0 fully saturated rings. The van der Waals surface area contributed by atoms with E-state index >= 15 is 0 Å². The van der Waals surface area contributed by atoms with Gasteiger partial charge in [0.2, 0.25) is 0 Å². The van der Waals surface area contributed by atoms with Crippen molar-refractivity contribution in [2.75, 3.05) is 20.3 Å². The average molecular weight is 358 g/mol. The third-order valence-corrected chi connectivity index (χ3v) is 2.74. The molecule has 0 saturated carbocycles. The average Bonchev–Trinajstić information content (AvgIpc) is 2.25. The minimum atomic E-state index is 0. The molecule has 0 unspecified atom stereocenters. The van der Waals surface area contributed by atoms with Crippen molar-refractivity contribution in [3.63, 3.8) is 0 Å². The standard InChI is InChI=1S/C11H16INO2.ClH/c1-15-11-4-3-10(12)7-9(11)8-13-5-2-6-14;/h3-4,7,13-14H,2,5-6,8H2,1H3;1H. The van der Waals surface area contributed by atoms with Gasteiger partial charge in [0, 0.05) is 22.3 Å². The number of benzene rings is 1. The highest BCUT2D eigenvalue weighted by atomic mass is 127. The summed E-state index contributed by atoms with van der Waals surface area (Å²) in [6.45, 7) is 1.83. The zero-order valence-electron chi connectivity index (χ0n) is 9.20. The van der Waals surface area contributed by atoms with E-state index in [1.165, 1.54) is 3.57 Å². The van der Waals surface area contributed by atoms with Crippen LogP contribution in [0, 0.1) is 3.57 Å². The highest BCUT2D eigenvalue weighted by molar-refractivity contribution is 14.1. The summed E-state index contributed by atoms with van der Waals surface area (Å²) in [5, 5.41) is 11.9. The first kappa shape index (κ1) is 16.0. The zero-order chi connectivity index (χ0) is 11.1. The number of ether oxygens (including phenoxy) is 1. The van der Waals surface area contributed by atoms with Crippen LogP contribution in [0.2, 0.25) is 0 Å².